The fraction of sp³-hybridized carbons (Fsp3) is 0.909. The molecule has 2 rings (SSSR count). The highest BCUT2D eigenvalue weighted by molar-refractivity contribution is 5.89. The summed E-state index contributed by atoms with van der Waals surface area (Å²) >= 11 is 0. The van der Waals surface area contributed by atoms with Gasteiger partial charge in [0.05, 0.1) is 0 Å². The zero-order valence-corrected chi connectivity index (χ0v) is 8.10. The van der Waals surface area contributed by atoms with Gasteiger partial charge in [-0.2, -0.15) is 0 Å². The highest BCUT2D eigenvalue weighted by atomic mass is 16.1. The molecule has 0 aliphatic heterocycles. The second-order valence-electron chi connectivity index (χ2n) is 4.50. The van der Waals surface area contributed by atoms with Gasteiger partial charge in [-0.3, -0.25) is 4.79 Å². The van der Waals surface area contributed by atoms with Crippen LogP contribution in [0.1, 0.15) is 46.0 Å². The van der Waals surface area contributed by atoms with Crippen molar-refractivity contribution in [3.05, 3.63) is 0 Å². The molecule has 2 aliphatic carbocycles. The second kappa shape index (κ2) is 2.58. The molecule has 0 heterocycles. The van der Waals surface area contributed by atoms with Gasteiger partial charge in [0.1, 0.15) is 5.78 Å². The first-order valence-electron chi connectivity index (χ1n) is 5.26. The zero-order chi connectivity index (χ0) is 8.77. The van der Waals surface area contributed by atoms with Crippen LogP contribution in [0.15, 0.2) is 0 Å². The van der Waals surface area contributed by atoms with Gasteiger partial charge in [-0.15, -0.1) is 0 Å². The largest absolute Gasteiger partial charge is 0.299 e. The highest BCUT2D eigenvalue weighted by Gasteiger charge is 2.67. The van der Waals surface area contributed by atoms with Crippen LogP contribution in [0.4, 0.5) is 0 Å². The van der Waals surface area contributed by atoms with Crippen LogP contribution in [0.3, 0.4) is 0 Å². The standard InChI is InChI=1S/C11H18O/c1-3-5-10(12)11-7-4-6-9(11)8(11)2/h8-9H,3-7H2,1-2H3/t8-,9-,11+/m1/s1. The van der Waals surface area contributed by atoms with E-state index < -0.39 is 0 Å². The molecule has 0 bridgehead atoms. The quantitative estimate of drug-likeness (QED) is 0.630. The number of carbonyl (C=O) groups excluding carboxylic acids is 1. The average Bonchev–Trinajstić information content (AvgIpc) is 2.49. The van der Waals surface area contributed by atoms with Crippen molar-refractivity contribution in [2.24, 2.45) is 17.3 Å². The maximum atomic E-state index is 11.8. The second-order valence-corrected chi connectivity index (χ2v) is 4.50. The topological polar surface area (TPSA) is 17.1 Å². The summed E-state index contributed by atoms with van der Waals surface area (Å²) in [5.41, 5.74) is 0.190. The number of ketones is 1. The smallest absolute Gasteiger partial charge is 0.139 e. The molecule has 2 saturated carbocycles. The Morgan fingerprint density at radius 3 is 2.83 bits per heavy atom. The van der Waals surface area contributed by atoms with E-state index in [0.717, 1.165) is 18.8 Å². The third-order valence-electron chi connectivity index (χ3n) is 4.07. The first-order chi connectivity index (χ1) is 5.73. The van der Waals surface area contributed by atoms with E-state index in [1.54, 1.807) is 0 Å². The lowest BCUT2D eigenvalue weighted by Gasteiger charge is -2.10. The summed E-state index contributed by atoms with van der Waals surface area (Å²) in [6, 6.07) is 0. The van der Waals surface area contributed by atoms with E-state index in [-0.39, 0.29) is 5.41 Å². The van der Waals surface area contributed by atoms with Crippen molar-refractivity contribution < 1.29 is 4.79 Å². The van der Waals surface area contributed by atoms with Gasteiger partial charge in [0, 0.05) is 11.8 Å². The van der Waals surface area contributed by atoms with E-state index in [1.165, 1.54) is 19.3 Å². The van der Waals surface area contributed by atoms with E-state index in [9.17, 15) is 4.79 Å². The van der Waals surface area contributed by atoms with Gasteiger partial charge in [-0.1, -0.05) is 20.3 Å². The summed E-state index contributed by atoms with van der Waals surface area (Å²) in [5, 5.41) is 0. The van der Waals surface area contributed by atoms with Crippen molar-refractivity contribution in [2.75, 3.05) is 0 Å². The molecule has 0 aromatic carbocycles. The lowest BCUT2D eigenvalue weighted by Crippen LogP contribution is -2.16. The Morgan fingerprint density at radius 2 is 2.33 bits per heavy atom. The number of fused-ring (bicyclic) bond motifs is 1. The number of hydrogen-bond acceptors (Lipinski definition) is 1. The third kappa shape index (κ3) is 0.826. The monoisotopic (exact) mass is 166 g/mol. The molecule has 0 aromatic rings. The number of hydrogen-bond donors (Lipinski definition) is 0. The van der Waals surface area contributed by atoms with Crippen molar-refractivity contribution in [1.29, 1.82) is 0 Å². The molecule has 3 atom stereocenters. The molecule has 0 spiro atoms. The van der Waals surface area contributed by atoms with Gasteiger partial charge in [0.2, 0.25) is 0 Å². The predicted octanol–water partition coefficient (Wildman–Crippen LogP) is 2.79. The molecular weight excluding hydrogens is 148 g/mol. The van der Waals surface area contributed by atoms with E-state index in [4.69, 9.17) is 0 Å². The Kier molecular flexibility index (Phi) is 1.78. The summed E-state index contributed by atoms with van der Waals surface area (Å²) < 4.78 is 0. The molecule has 0 amide bonds. The molecule has 2 aliphatic rings. The molecule has 0 saturated heterocycles. The molecule has 0 unspecified atom stereocenters. The first-order valence-corrected chi connectivity index (χ1v) is 5.26. The first kappa shape index (κ1) is 8.28. The van der Waals surface area contributed by atoms with Gasteiger partial charge in [0.15, 0.2) is 0 Å². The Morgan fingerprint density at radius 1 is 1.58 bits per heavy atom. The fourth-order valence-electron chi connectivity index (χ4n) is 3.32. The van der Waals surface area contributed by atoms with Crippen LogP contribution in [0.25, 0.3) is 0 Å². The maximum absolute atomic E-state index is 11.8. The van der Waals surface area contributed by atoms with Gasteiger partial charge in [0.25, 0.3) is 0 Å². The van der Waals surface area contributed by atoms with Crippen LogP contribution < -0.4 is 0 Å². The van der Waals surface area contributed by atoms with Gasteiger partial charge in [-0.05, 0) is 31.1 Å². The molecule has 1 nitrogen and oxygen atoms in total. The van der Waals surface area contributed by atoms with Crippen LogP contribution in [0.5, 0.6) is 0 Å². The molecule has 12 heavy (non-hydrogen) atoms. The molecule has 0 N–H and O–H groups in total. The zero-order valence-electron chi connectivity index (χ0n) is 8.10. The molecule has 0 aromatic heterocycles. The molecule has 0 radical (unpaired) electrons. The Balaban J connectivity index is 2.07. The molecular formula is C11H18O. The summed E-state index contributed by atoms with van der Waals surface area (Å²) in [7, 11) is 0. The van der Waals surface area contributed by atoms with E-state index >= 15 is 0 Å². The minimum atomic E-state index is 0.190. The van der Waals surface area contributed by atoms with Crippen LogP contribution in [-0.4, -0.2) is 5.78 Å². The normalized spacial score (nSPS) is 44.2. The van der Waals surface area contributed by atoms with Crippen molar-refractivity contribution in [3.63, 3.8) is 0 Å². The summed E-state index contributed by atoms with van der Waals surface area (Å²) in [5.74, 6) is 2.06. The molecule has 2 fully saturated rings. The lowest BCUT2D eigenvalue weighted by molar-refractivity contribution is -0.124. The number of carbonyl (C=O) groups is 1. The third-order valence-corrected chi connectivity index (χ3v) is 4.07. The van der Waals surface area contributed by atoms with Crippen LogP contribution in [0.2, 0.25) is 0 Å². The Bertz CT molecular complexity index is 209. The Labute approximate surface area is 74.5 Å². The highest BCUT2D eigenvalue weighted by Crippen LogP contribution is 2.68. The summed E-state index contributed by atoms with van der Waals surface area (Å²) in [6.45, 7) is 4.36. The summed E-state index contributed by atoms with van der Waals surface area (Å²) in [6.07, 6.45) is 5.65. The summed E-state index contributed by atoms with van der Waals surface area (Å²) in [4.78, 5) is 11.8. The van der Waals surface area contributed by atoms with Crippen molar-refractivity contribution >= 4 is 5.78 Å². The molecule has 68 valence electrons. The minimum absolute atomic E-state index is 0.190. The van der Waals surface area contributed by atoms with Gasteiger partial charge >= 0.3 is 0 Å². The fourth-order valence-corrected chi connectivity index (χ4v) is 3.32. The van der Waals surface area contributed by atoms with Crippen molar-refractivity contribution in [1.82, 2.24) is 0 Å². The maximum Gasteiger partial charge on any atom is 0.139 e. The van der Waals surface area contributed by atoms with Crippen LogP contribution in [0, 0.1) is 17.3 Å². The Hall–Kier alpha value is -0.330. The molecule has 1 heteroatoms. The number of Topliss-reactive ketones (excluding diaryl/α,β-unsaturated/α-hetero) is 1. The van der Waals surface area contributed by atoms with Crippen LogP contribution >= 0.6 is 0 Å². The van der Waals surface area contributed by atoms with Crippen molar-refractivity contribution in [3.8, 4) is 0 Å². The minimum Gasteiger partial charge on any atom is -0.299 e. The van der Waals surface area contributed by atoms with Crippen molar-refractivity contribution in [2.45, 2.75) is 46.0 Å². The van der Waals surface area contributed by atoms with Crippen LogP contribution in [-0.2, 0) is 4.79 Å². The SMILES string of the molecule is CCCC(=O)[C@]12CCC[C@@H]1[C@H]2C. The van der Waals surface area contributed by atoms with E-state index in [2.05, 4.69) is 13.8 Å². The average molecular weight is 166 g/mol. The van der Waals surface area contributed by atoms with E-state index in [1.807, 2.05) is 0 Å². The van der Waals surface area contributed by atoms with E-state index in [0.29, 0.717) is 11.7 Å². The lowest BCUT2D eigenvalue weighted by atomic mass is 9.92. The number of rotatable bonds is 3. The predicted molar refractivity (Wildman–Crippen MR) is 48.9 cm³/mol. The van der Waals surface area contributed by atoms with Gasteiger partial charge < -0.3 is 0 Å². The van der Waals surface area contributed by atoms with Gasteiger partial charge in [-0.25, -0.2) is 0 Å².